The third-order valence-electron chi connectivity index (χ3n) is 4.70. The Bertz CT molecular complexity index is 605. The molecular weight excluding hydrogens is 278 g/mol. The van der Waals surface area contributed by atoms with E-state index in [2.05, 4.69) is 13.0 Å². The first-order chi connectivity index (χ1) is 10.2. The zero-order valence-electron chi connectivity index (χ0n) is 13.8. The lowest BCUT2D eigenvalue weighted by atomic mass is 9.75. The van der Waals surface area contributed by atoms with Gasteiger partial charge in [0.25, 0.3) is 0 Å². The second-order valence-electron chi connectivity index (χ2n) is 7.56. The predicted octanol–water partition coefficient (Wildman–Crippen LogP) is 3.14. The number of carbonyl (C=O) groups is 1. The molecule has 120 valence electrons. The van der Waals surface area contributed by atoms with E-state index in [0.717, 1.165) is 18.4 Å². The molecule has 1 saturated heterocycles. The molecular formula is C18H25NO3. The van der Waals surface area contributed by atoms with Crippen LogP contribution in [0.4, 0.5) is 4.79 Å². The van der Waals surface area contributed by atoms with Crippen molar-refractivity contribution in [3.63, 3.8) is 0 Å². The van der Waals surface area contributed by atoms with Crippen LogP contribution in [0.15, 0.2) is 18.2 Å². The third-order valence-corrected chi connectivity index (χ3v) is 4.70. The summed E-state index contributed by atoms with van der Waals surface area (Å²) >= 11 is 0. The molecule has 1 heterocycles. The van der Waals surface area contributed by atoms with Crippen LogP contribution in [0.5, 0.6) is 0 Å². The normalized spacial score (nSPS) is 27.3. The molecule has 1 amide bonds. The largest absolute Gasteiger partial charge is 0.444 e. The minimum Gasteiger partial charge on any atom is -0.444 e. The molecule has 2 unspecified atom stereocenters. The fourth-order valence-electron chi connectivity index (χ4n) is 3.76. The van der Waals surface area contributed by atoms with E-state index >= 15 is 0 Å². The van der Waals surface area contributed by atoms with Crippen molar-refractivity contribution in [2.24, 2.45) is 0 Å². The van der Waals surface area contributed by atoms with E-state index in [4.69, 9.17) is 4.74 Å². The molecule has 22 heavy (non-hydrogen) atoms. The second-order valence-corrected chi connectivity index (χ2v) is 7.56. The van der Waals surface area contributed by atoms with Gasteiger partial charge in [-0.1, -0.05) is 23.8 Å². The first-order valence-corrected chi connectivity index (χ1v) is 8.03. The van der Waals surface area contributed by atoms with Gasteiger partial charge in [-0.05, 0) is 51.7 Å². The Morgan fingerprint density at radius 1 is 1.41 bits per heavy atom. The van der Waals surface area contributed by atoms with Gasteiger partial charge in [0.05, 0.1) is 6.04 Å². The summed E-state index contributed by atoms with van der Waals surface area (Å²) in [5, 5.41) is 11.2. The van der Waals surface area contributed by atoms with Gasteiger partial charge in [-0.25, -0.2) is 4.79 Å². The second kappa shape index (κ2) is 4.98. The van der Waals surface area contributed by atoms with Crippen molar-refractivity contribution in [1.29, 1.82) is 0 Å². The Balaban J connectivity index is 1.89. The number of carbonyl (C=O) groups excluding carboxylic acids is 1. The Morgan fingerprint density at radius 2 is 2.14 bits per heavy atom. The Kier molecular flexibility index (Phi) is 3.48. The van der Waals surface area contributed by atoms with E-state index in [9.17, 15) is 9.90 Å². The van der Waals surface area contributed by atoms with Gasteiger partial charge in [0, 0.05) is 13.0 Å². The number of likely N-dealkylation sites (tertiary alicyclic amines) is 1. The summed E-state index contributed by atoms with van der Waals surface area (Å²) in [6, 6.07) is 6.03. The highest BCUT2D eigenvalue weighted by Crippen LogP contribution is 2.45. The summed E-state index contributed by atoms with van der Waals surface area (Å²) < 4.78 is 5.50. The van der Waals surface area contributed by atoms with E-state index in [1.54, 1.807) is 4.90 Å². The molecule has 1 fully saturated rings. The van der Waals surface area contributed by atoms with E-state index < -0.39 is 11.2 Å². The highest BCUT2D eigenvalue weighted by molar-refractivity contribution is 5.69. The van der Waals surface area contributed by atoms with Crippen molar-refractivity contribution >= 4 is 6.09 Å². The number of aryl methyl sites for hydroxylation is 2. The van der Waals surface area contributed by atoms with Gasteiger partial charge in [0.1, 0.15) is 11.2 Å². The van der Waals surface area contributed by atoms with Crippen LogP contribution < -0.4 is 0 Å². The van der Waals surface area contributed by atoms with Crippen molar-refractivity contribution in [3.8, 4) is 0 Å². The molecule has 3 rings (SSSR count). The van der Waals surface area contributed by atoms with Gasteiger partial charge in [-0.3, -0.25) is 0 Å². The van der Waals surface area contributed by atoms with Crippen LogP contribution in [0.25, 0.3) is 0 Å². The molecule has 0 spiro atoms. The average molecular weight is 303 g/mol. The quantitative estimate of drug-likeness (QED) is 0.801. The lowest BCUT2D eigenvalue weighted by Gasteiger charge is -2.39. The average Bonchev–Trinajstić information content (AvgIpc) is 2.74. The molecule has 1 aromatic rings. The first kappa shape index (κ1) is 15.3. The number of hydrogen-bond acceptors (Lipinski definition) is 3. The van der Waals surface area contributed by atoms with E-state index in [1.807, 2.05) is 32.9 Å². The summed E-state index contributed by atoms with van der Waals surface area (Å²) in [7, 11) is 0. The minimum absolute atomic E-state index is 0.183. The molecule has 0 radical (unpaired) electrons. The molecule has 1 aliphatic carbocycles. The Morgan fingerprint density at radius 3 is 2.82 bits per heavy atom. The number of benzene rings is 1. The maximum absolute atomic E-state index is 12.4. The van der Waals surface area contributed by atoms with E-state index in [-0.39, 0.29) is 12.1 Å². The Hall–Kier alpha value is -1.55. The fraction of sp³-hybridized carbons (Fsp3) is 0.611. The van der Waals surface area contributed by atoms with Gasteiger partial charge in [0.2, 0.25) is 0 Å². The monoisotopic (exact) mass is 303 g/mol. The van der Waals surface area contributed by atoms with Crippen LogP contribution in [-0.2, 0) is 16.8 Å². The van der Waals surface area contributed by atoms with Crippen LogP contribution >= 0.6 is 0 Å². The lowest BCUT2D eigenvalue weighted by Crippen LogP contribution is -2.49. The number of fused-ring (bicyclic) bond motifs is 3. The van der Waals surface area contributed by atoms with Gasteiger partial charge in [0.15, 0.2) is 0 Å². The van der Waals surface area contributed by atoms with Crippen molar-refractivity contribution in [2.75, 3.05) is 6.54 Å². The molecule has 0 aromatic heterocycles. The lowest BCUT2D eigenvalue weighted by molar-refractivity contribution is -0.0253. The molecule has 0 bridgehead atoms. The van der Waals surface area contributed by atoms with Crippen LogP contribution in [0.3, 0.4) is 0 Å². The molecule has 1 N–H and O–H groups in total. The highest BCUT2D eigenvalue weighted by atomic mass is 16.6. The van der Waals surface area contributed by atoms with Crippen molar-refractivity contribution < 1.29 is 14.6 Å². The van der Waals surface area contributed by atoms with Gasteiger partial charge < -0.3 is 14.7 Å². The van der Waals surface area contributed by atoms with Crippen LogP contribution in [-0.4, -0.2) is 34.3 Å². The summed E-state index contributed by atoms with van der Waals surface area (Å²) in [6.07, 6.45) is 1.94. The van der Waals surface area contributed by atoms with Gasteiger partial charge in [-0.2, -0.15) is 0 Å². The molecule has 1 aliphatic heterocycles. The van der Waals surface area contributed by atoms with Crippen molar-refractivity contribution in [3.05, 3.63) is 34.9 Å². The van der Waals surface area contributed by atoms with Crippen molar-refractivity contribution in [1.82, 2.24) is 4.90 Å². The molecule has 4 nitrogen and oxygen atoms in total. The SMILES string of the molecule is Cc1ccc2c(c1)CCC1N(C(=O)OC(C)(C)C)CCC21O. The standard InChI is InChI=1S/C18H25NO3/c1-12-5-7-14-13(11-12)6-8-15-18(14,21)9-10-19(15)16(20)22-17(2,3)4/h5,7,11,15,21H,6,8-10H2,1-4H3. The fourth-order valence-corrected chi connectivity index (χ4v) is 3.76. The van der Waals surface area contributed by atoms with E-state index in [1.165, 1.54) is 11.1 Å². The number of hydrogen-bond donors (Lipinski definition) is 1. The molecule has 2 atom stereocenters. The van der Waals surface area contributed by atoms with Crippen LogP contribution in [0.2, 0.25) is 0 Å². The summed E-state index contributed by atoms with van der Waals surface area (Å²) in [5.74, 6) is 0. The summed E-state index contributed by atoms with van der Waals surface area (Å²) in [4.78, 5) is 14.1. The van der Waals surface area contributed by atoms with Crippen LogP contribution in [0.1, 0.15) is 50.3 Å². The zero-order chi connectivity index (χ0) is 16.1. The number of nitrogens with zero attached hydrogens (tertiary/aromatic N) is 1. The minimum atomic E-state index is -0.932. The number of amides is 1. The number of aliphatic hydroxyl groups is 1. The maximum Gasteiger partial charge on any atom is 0.410 e. The van der Waals surface area contributed by atoms with Crippen molar-refractivity contribution in [2.45, 2.75) is 64.2 Å². The maximum atomic E-state index is 12.4. The highest BCUT2D eigenvalue weighted by Gasteiger charge is 2.52. The third kappa shape index (κ3) is 2.50. The van der Waals surface area contributed by atoms with Gasteiger partial charge in [-0.15, -0.1) is 0 Å². The Labute approximate surface area is 132 Å². The predicted molar refractivity (Wildman–Crippen MR) is 84.7 cm³/mol. The van der Waals surface area contributed by atoms with Gasteiger partial charge >= 0.3 is 6.09 Å². The number of ether oxygens (including phenoxy) is 1. The van der Waals surface area contributed by atoms with Crippen LogP contribution in [0, 0.1) is 6.92 Å². The molecule has 1 aromatic carbocycles. The topological polar surface area (TPSA) is 49.8 Å². The molecule has 2 aliphatic rings. The molecule has 0 saturated carbocycles. The van der Waals surface area contributed by atoms with E-state index in [0.29, 0.717) is 13.0 Å². The zero-order valence-corrected chi connectivity index (χ0v) is 13.8. The summed E-state index contributed by atoms with van der Waals surface area (Å²) in [5.41, 5.74) is 1.97. The number of rotatable bonds is 0. The first-order valence-electron chi connectivity index (χ1n) is 8.03. The summed E-state index contributed by atoms with van der Waals surface area (Å²) in [6.45, 7) is 8.21. The molecule has 4 heteroatoms. The smallest absolute Gasteiger partial charge is 0.410 e.